The zero-order valence-electron chi connectivity index (χ0n) is 9.17. The Kier molecular flexibility index (Phi) is 3.24. The first kappa shape index (κ1) is 11.4. The third kappa shape index (κ3) is 2.36. The highest BCUT2D eigenvalue weighted by Crippen LogP contribution is 2.23. The highest BCUT2D eigenvalue weighted by molar-refractivity contribution is 5.30. The Labute approximate surface area is 97.5 Å². The lowest BCUT2D eigenvalue weighted by Crippen LogP contribution is -2.15. The van der Waals surface area contributed by atoms with E-state index in [9.17, 15) is 4.39 Å². The van der Waals surface area contributed by atoms with Crippen LogP contribution in [0.1, 0.15) is 17.3 Å². The molecule has 2 heterocycles. The molecule has 0 aromatic carbocycles. The second-order valence-corrected chi connectivity index (χ2v) is 3.37. The number of hydrogen-bond acceptors (Lipinski definition) is 5. The highest BCUT2D eigenvalue weighted by atomic mass is 19.1. The monoisotopic (exact) mass is 234 g/mol. The summed E-state index contributed by atoms with van der Waals surface area (Å²) in [6, 6.07) is 0.688. The molecule has 2 aromatic heterocycles. The Morgan fingerprint density at radius 3 is 2.76 bits per heavy atom. The van der Waals surface area contributed by atoms with Gasteiger partial charge in [-0.1, -0.05) is 0 Å². The molecular formula is C11H11FN4O. The van der Waals surface area contributed by atoms with Crippen molar-refractivity contribution in [2.24, 2.45) is 5.73 Å². The zero-order valence-corrected chi connectivity index (χ0v) is 9.17. The molecule has 17 heavy (non-hydrogen) atoms. The third-order valence-electron chi connectivity index (χ3n) is 2.26. The maximum Gasteiger partial charge on any atom is 0.237 e. The SMILES string of the molecule is COc1nccnc1C(N)c1cncc(F)c1. The van der Waals surface area contributed by atoms with Crippen LogP contribution in [0.5, 0.6) is 5.88 Å². The van der Waals surface area contributed by atoms with E-state index in [0.717, 1.165) is 6.20 Å². The summed E-state index contributed by atoms with van der Waals surface area (Å²) in [6.45, 7) is 0. The molecule has 0 bridgehead atoms. The minimum atomic E-state index is -0.623. The van der Waals surface area contributed by atoms with Gasteiger partial charge in [0.15, 0.2) is 0 Å². The summed E-state index contributed by atoms with van der Waals surface area (Å²) in [5.41, 5.74) is 6.94. The van der Waals surface area contributed by atoms with Gasteiger partial charge < -0.3 is 10.5 Å². The topological polar surface area (TPSA) is 73.9 Å². The van der Waals surface area contributed by atoms with E-state index in [1.54, 1.807) is 0 Å². The maximum absolute atomic E-state index is 13.0. The predicted molar refractivity (Wildman–Crippen MR) is 58.8 cm³/mol. The summed E-state index contributed by atoms with van der Waals surface area (Å²) in [4.78, 5) is 11.8. The van der Waals surface area contributed by atoms with Gasteiger partial charge in [0.1, 0.15) is 11.5 Å². The molecule has 0 spiro atoms. The van der Waals surface area contributed by atoms with Crippen LogP contribution in [0.3, 0.4) is 0 Å². The molecule has 0 saturated heterocycles. The first-order valence-electron chi connectivity index (χ1n) is 4.93. The van der Waals surface area contributed by atoms with Crippen LogP contribution in [0.2, 0.25) is 0 Å². The van der Waals surface area contributed by atoms with Gasteiger partial charge in [-0.15, -0.1) is 0 Å². The summed E-state index contributed by atoms with van der Waals surface area (Å²) in [7, 11) is 1.48. The van der Waals surface area contributed by atoms with Gasteiger partial charge in [-0.25, -0.2) is 9.37 Å². The standard InChI is InChI=1S/C11H11FN4O/c1-17-11-10(15-2-3-16-11)9(13)7-4-8(12)6-14-5-7/h2-6,9H,13H2,1H3. The largest absolute Gasteiger partial charge is 0.480 e. The van der Waals surface area contributed by atoms with Gasteiger partial charge in [0.05, 0.1) is 19.3 Å². The van der Waals surface area contributed by atoms with Crippen molar-refractivity contribution in [1.82, 2.24) is 15.0 Å². The fourth-order valence-electron chi connectivity index (χ4n) is 1.46. The molecule has 2 N–H and O–H groups in total. The molecule has 1 atom stereocenters. The second-order valence-electron chi connectivity index (χ2n) is 3.37. The molecule has 6 heteroatoms. The zero-order chi connectivity index (χ0) is 12.3. The number of nitrogens with zero attached hydrogens (tertiary/aromatic N) is 3. The number of ether oxygens (including phenoxy) is 1. The Hall–Kier alpha value is -2.08. The molecule has 2 rings (SSSR count). The smallest absolute Gasteiger partial charge is 0.237 e. The fraction of sp³-hybridized carbons (Fsp3) is 0.182. The molecule has 0 radical (unpaired) electrons. The molecule has 0 saturated carbocycles. The molecule has 0 fully saturated rings. The lowest BCUT2D eigenvalue weighted by Gasteiger charge is -2.13. The normalized spacial score (nSPS) is 12.2. The number of aromatic nitrogens is 3. The van der Waals surface area contributed by atoms with E-state index in [2.05, 4.69) is 15.0 Å². The average Bonchev–Trinajstić information content (AvgIpc) is 2.38. The molecule has 0 aliphatic rings. The van der Waals surface area contributed by atoms with E-state index in [0.29, 0.717) is 17.1 Å². The van der Waals surface area contributed by atoms with Crippen molar-refractivity contribution in [3.05, 3.63) is 47.9 Å². The van der Waals surface area contributed by atoms with Crippen LogP contribution in [0.25, 0.3) is 0 Å². The molecule has 1 unspecified atom stereocenters. The van der Waals surface area contributed by atoms with E-state index in [1.165, 1.54) is 31.8 Å². The van der Waals surface area contributed by atoms with E-state index in [-0.39, 0.29) is 0 Å². The van der Waals surface area contributed by atoms with Crippen LogP contribution in [0.4, 0.5) is 4.39 Å². The minimum absolute atomic E-state index is 0.323. The van der Waals surface area contributed by atoms with Crippen molar-refractivity contribution < 1.29 is 9.13 Å². The van der Waals surface area contributed by atoms with Crippen LogP contribution in [-0.2, 0) is 0 Å². The van der Waals surface area contributed by atoms with Crippen molar-refractivity contribution in [3.8, 4) is 5.88 Å². The molecule has 0 aliphatic heterocycles. The summed E-state index contributed by atoms with van der Waals surface area (Å²) >= 11 is 0. The number of methoxy groups -OCH3 is 1. The predicted octanol–water partition coefficient (Wildman–Crippen LogP) is 1.07. The fourth-order valence-corrected chi connectivity index (χ4v) is 1.46. The van der Waals surface area contributed by atoms with Gasteiger partial charge in [0.2, 0.25) is 5.88 Å². The van der Waals surface area contributed by atoms with E-state index in [1.807, 2.05) is 0 Å². The van der Waals surface area contributed by atoms with Crippen LogP contribution in [-0.4, -0.2) is 22.1 Å². The van der Waals surface area contributed by atoms with Crippen LogP contribution in [0.15, 0.2) is 30.9 Å². The number of hydrogen-bond donors (Lipinski definition) is 1. The molecule has 0 amide bonds. The first-order chi connectivity index (χ1) is 8.22. The quantitative estimate of drug-likeness (QED) is 0.859. The number of pyridine rings is 1. The van der Waals surface area contributed by atoms with Crippen LogP contribution in [0, 0.1) is 5.82 Å². The van der Waals surface area contributed by atoms with E-state index < -0.39 is 11.9 Å². The molecular weight excluding hydrogens is 223 g/mol. The highest BCUT2D eigenvalue weighted by Gasteiger charge is 2.17. The summed E-state index contributed by atoms with van der Waals surface area (Å²) < 4.78 is 18.1. The Morgan fingerprint density at radius 2 is 2.06 bits per heavy atom. The van der Waals surface area contributed by atoms with Gasteiger partial charge in [-0.3, -0.25) is 9.97 Å². The van der Waals surface area contributed by atoms with Gasteiger partial charge in [0.25, 0.3) is 0 Å². The molecule has 88 valence electrons. The van der Waals surface area contributed by atoms with Crippen molar-refractivity contribution >= 4 is 0 Å². The average molecular weight is 234 g/mol. The number of rotatable bonds is 3. The lowest BCUT2D eigenvalue weighted by atomic mass is 10.1. The third-order valence-corrected chi connectivity index (χ3v) is 2.26. The molecule has 5 nitrogen and oxygen atoms in total. The van der Waals surface area contributed by atoms with Crippen molar-refractivity contribution in [2.75, 3.05) is 7.11 Å². The maximum atomic E-state index is 13.0. The van der Waals surface area contributed by atoms with Crippen LogP contribution < -0.4 is 10.5 Å². The Morgan fingerprint density at radius 1 is 1.29 bits per heavy atom. The number of nitrogens with two attached hydrogens (primary N) is 1. The van der Waals surface area contributed by atoms with Gasteiger partial charge in [0, 0.05) is 18.6 Å². The second kappa shape index (κ2) is 4.84. The van der Waals surface area contributed by atoms with Crippen molar-refractivity contribution in [3.63, 3.8) is 0 Å². The summed E-state index contributed by atoms with van der Waals surface area (Å²) in [6.07, 6.45) is 5.61. The van der Waals surface area contributed by atoms with Gasteiger partial charge in [-0.05, 0) is 11.6 Å². The van der Waals surface area contributed by atoms with E-state index >= 15 is 0 Å². The van der Waals surface area contributed by atoms with Gasteiger partial charge in [-0.2, -0.15) is 0 Å². The van der Waals surface area contributed by atoms with Crippen molar-refractivity contribution in [1.29, 1.82) is 0 Å². The Balaban J connectivity index is 2.40. The van der Waals surface area contributed by atoms with Crippen LogP contribution >= 0.6 is 0 Å². The first-order valence-corrected chi connectivity index (χ1v) is 4.93. The number of halogens is 1. The lowest BCUT2D eigenvalue weighted by molar-refractivity contribution is 0.387. The molecule has 0 aliphatic carbocycles. The van der Waals surface area contributed by atoms with Gasteiger partial charge >= 0.3 is 0 Å². The Bertz CT molecular complexity index is 520. The molecule has 2 aromatic rings. The van der Waals surface area contributed by atoms with E-state index in [4.69, 9.17) is 10.5 Å². The summed E-state index contributed by atoms with van der Waals surface area (Å²) in [5, 5.41) is 0. The van der Waals surface area contributed by atoms with Crippen molar-refractivity contribution in [2.45, 2.75) is 6.04 Å². The minimum Gasteiger partial charge on any atom is -0.480 e. The summed E-state index contributed by atoms with van der Waals surface area (Å²) in [5.74, 6) is -0.120.